The summed E-state index contributed by atoms with van der Waals surface area (Å²) in [4.78, 5) is 62.4. The molecular weight excluding hydrogens is 531 g/mol. The third-order valence-corrected chi connectivity index (χ3v) is 5.73. The Labute approximate surface area is 222 Å². The predicted molar refractivity (Wildman–Crippen MR) is 106 cm³/mol. The topological polar surface area (TPSA) is 261 Å². The van der Waals surface area contributed by atoms with Gasteiger partial charge in [-0.2, -0.15) is 25.4 Å². The van der Waals surface area contributed by atoms with Crippen molar-refractivity contribution in [3.63, 3.8) is 0 Å². The normalized spacial score (nSPS) is 15.6. The van der Waals surface area contributed by atoms with Crippen molar-refractivity contribution in [2.45, 2.75) is 64.2 Å². The quantitative estimate of drug-likeness (QED) is 0.104. The van der Waals surface area contributed by atoms with Crippen LogP contribution in [0.1, 0.15) is 64.2 Å². The summed E-state index contributed by atoms with van der Waals surface area (Å²) in [6, 6.07) is 0. The largest absolute Gasteiger partial charge is 1.00 e. The van der Waals surface area contributed by atoms with Crippen molar-refractivity contribution in [3.05, 3.63) is 0 Å². The first kappa shape index (κ1) is 35.2. The van der Waals surface area contributed by atoms with Crippen LogP contribution in [0.15, 0.2) is 0 Å². The second-order valence-electron chi connectivity index (χ2n) is 6.74. The first-order chi connectivity index (χ1) is 15.5. The Bertz CT molecular complexity index is 911. The SMILES string of the molecule is O=C([O-])CCCCCCC(=O)O.O=C1CCC(=O)N1S(=O)(=O)O.O=C1CCC(=O)N1S(=O)(=O)O.[Na+]. The minimum Gasteiger partial charge on any atom is -0.550 e. The number of amides is 4. The Kier molecular flexibility index (Phi) is 16.0. The maximum atomic E-state index is 10.6. The van der Waals surface area contributed by atoms with Crippen LogP contribution in [-0.2, 0) is 49.4 Å². The van der Waals surface area contributed by atoms with Gasteiger partial charge in [0.2, 0.25) is 23.6 Å². The van der Waals surface area contributed by atoms with Crippen molar-refractivity contribution in [3.8, 4) is 0 Å². The molecule has 2 fully saturated rings. The van der Waals surface area contributed by atoms with Gasteiger partial charge < -0.3 is 15.0 Å². The van der Waals surface area contributed by atoms with Gasteiger partial charge in [-0.25, -0.2) is 0 Å². The van der Waals surface area contributed by atoms with E-state index in [9.17, 15) is 50.7 Å². The molecule has 16 nitrogen and oxygen atoms in total. The summed E-state index contributed by atoms with van der Waals surface area (Å²) in [6.07, 6.45) is 2.39. The Morgan fingerprint density at radius 1 is 0.686 bits per heavy atom. The number of unbranched alkanes of at least 4 members (excludes halogenated alkanes) is 3. The van der Waals surface area contributed by atoms with Crippen LogP contribution in [0.3, 0.4) is 0 Å². The summed E-state index contributed by atoms with van der Waals surface area (Å²) in [6.45, 7) is 0. The predicted octanol–water partition coefficient (Wildman–Crippen LogP) is -4.96. The minimum absolute atomic E-state index is 0. The van der Waals surface area contributed by atoms with Gasteiger partial charge in [0.1, 0.15) is 0 Å². The van der Waals surface area contributed by atoms with Crippen molar-refractivity contribution < 1.29 is 94.5 Å². The molecule has 0 atom stereocenters. The van der Waals surface area contributed by atoms with Crippen LogP contribution < -0.4 is 34.7 Å². The number of carboxylic acid groups (broad SMARTS) is 2. The van der Waals surface area contributed by atoms with Gasteiger partial charge in [0, 0.05) is 38.1 Å². The molecule has 2 saturated heterocycles. The van der Waals surface area contributed by atoms with Crippen molar-refractivity contribution in [2.24, 2.45) is 0 Å². The van der Waals surface area contributed by atoms with E-state index in [1.54, 1.807) is 0 Å². The third-order valence-electron chi connectivity index (χ3n) is 3.99. The van der Waals surface area contributed by atoms with E-state index in [1.165, 1.54) is 0 Å². The van der Waals surface area contributed by atoms with Gasteiger partial charge in [-0.15, -0.1) is 0 Å². The summed E-state index contributed by atoms with van der Waals surface area (Å²) in [5.74, 6) is -5.34. The van der Waals surface area contributed by atoms with Crippen LogP contribution in [-0.4, -0.2) is 75.2 Å². The molecule has 19 heteroatoms. The van der Waals surface area contributed by atoms with E-state index in [4.69, 9.17) is 14.2 Å². The molecule has 0 unspecified atom stereocenters. The molecule has 0 aromatic carbocycles. The Hall–Kier alpha value is -1.96. The van der Waals surface area contributed by atoms with Crippen molar-refractivity contribution in [2.75, 3.05) is 0 Å². The fourth-order valence-corrected chi connectivity index (χ4v) is 3.92. The summed E-state index contributed by atoms with van der Waals surface area (Å²) in [5.41, 5.74) is 0. The van der Waals surface area contributed by atoms with Gasteiger partial charge in [-0.1, -0.05) is 12.8 Å². The first-order valence-corrected chi connectivity index (χ1v) is 12.4. The molecule has 0 aromatic heterocycles. The van der Waals surface area contributed by atoms with E-state index in [2.05, 4.69) is 0 Å². The number of carbonyl (C=O) groups is 6. The summed E-state index contributed by atoms with van der Waals surface area (Å²) in [5, 5.41) is 18.2. The fraction of sp³-hybridized carbons (Fsp3) is 0.625. The van der Waals surface area contributed by atoms with Gasteiger partial charge >= 0.3 is 56.1 Å². The summed E-state index contributed by atoms with van der Waals surface area (Å²) < 4.78 is 57.6. The number of carbonyl (C=O) groups excluding carboxylic acids is 5. The molecule has 3 N–H and O–H groups in total. The van der Waals surface area contributed by atoms with Gasteiger partial charge in [0.15, 0.2) is 0 Å². The number of nitrogens with zero attached hydrogens (tertiary/aromatic N) is 2. The Morgan fingerprint density at radius 3 is 1.17 bits per heavy atom. The van der Waals surface area contributed by atoms with Crippen LogP contribution >= 0.6 is 0 Å². The maximum Gasteiger partial charge on any atom is 1.00 e. The number of rotatable bonds is 9. The minimum atomic E-state index is -4.67. The summed E-state index contributed by atoms with van der Waals surface area (Å²) in [7, 11) is -9.33. The molecule has 0 aliphatic carbocycles. The maximum absolute atomic E-state index is 10.6. The van der Waals surface area contributed by atoms with E-state index < -0.39 is 56.2 Å². The van der Waals surface area contributed by atoms with Crippen LogP contribution in [0.25, 0.3) is 0 Å². The molecular formula is C16H23N2NaO14S2. The molecule has 2 aliphatic rings. The molecule has 2 aliphatic heterocycles. The van der Waals surface area contributed by atoms with Crippen LogP contribution in [0.4, 0.5) is 0 Å². The monoisotopic (exact) mass is 554 g/mol. The number of carboxylic acids is 2. The zero-order chi connectivity index (χ0) is 26.7. The average molecular weight is 554 g/mol. The van der Waals surface area contributed by atoms with Gasteiger partial charge in [-0.05, 0) is 19.3 Å². The van der Waals surface area contributed by atoms with Gasteiger partial charge in [0.25, 0.3) is 0 Å². The van der Waals surface area contributed by atoms with Gasteiger partial charge in [-0.3, -0.25) is 33.1 Å². The second-order valence-corrected chi connectivity index (χ2v) is 9.26. The molecule has 35 heavy (non-hydrogen) atoms. The molecule has 2 heterocycles. The number of imide groups is 2. The van der Waals surface area contributed by atoms with Crippen molar-refractivity contribution in [1.29, 1.82) is 0 Å². The van der Waals surface area contributed by atoms with E-state index >= 15 is 0 Å². The molecule has 0 bridgehead atoms. The van der Waals surface area contributed by atoms with E-state index in [-0.39, 0.29) is 76.7 Å². The smallest absolute Gasteiger partial charge is 0.550 e. The van der Waals surface area contributed by atoms with E-state index in [0.717, 1.165) is 12.8 Å². The number of hydrogen-bond acceptors (Lipinski definition) is 11. The molecule has 0 radical (unpaired) electrons. The zero-order valence-corrected chi connectivity index (χ0v) is 22.2. The van der Waals surface area contributed by atoms with Crippen LogP contribution in [0.5, 0.6) is 0 Å². The molecule has 0 spiro atoms. The average Bonchev–Trinajstić information content (AvgIpc) is 3.18. The van der Waals surface area contributed by atoms with Crippen LogP contribution in [0.2, 0.25) is 0 Å². The Morgan fingerprint density at radius 2 is 0.971 bits per heavy atom. The summed E-state index contributed by atoms with van der Waals surface area (Å²) >= 11 is 0. The molecule has 194 valence electrons. The molecule has 4 amide bonds. The van der Waals surface area contributed by atoms with E-state index in [1.807, 2.05) is 0 Å². The molecule has 0 saturated carbocycles. The van der Waals surface area contributed by atoms with Gasteiger partial charge in [0.05, 0.1) is 0 Å². The fourth-order valence-electron chi connectivity index (χ4n) is 2.53. The molecule has 2 rings (SSSR count). The third kappa shape index (κ3) is 14.3. The van der Waals surface area contributed by atoms with Crippen molar-refractivity contribution in [1.82, 2.24) is 8.61 Å². The van der Waals surface area contributed by atoms with Crippen LogP contribution in [0, 0.1) is 0 Å². The second kappa shape index (κ2) is 15.9. The van der Waals surface area contributed by atoms with E-state index in [0.29, 0.717) is 12.8 Å². The standard InChI is InChI=1S/C8H14O4.2C4H5NO5S.Na/c9-7(10)5-3-1-2-4-6-8(11)12;2*6-3-1-2-4(7)5(3)11(8,9)10;/h1-6H2,(H,9,10)(H,11,12);2*1-2H2,(H,8,9,10);/q;;;+1/p-1. The Balaban J connectivity index is 0. The molecule has 0 aromatic rings. The number of hydrogen-bond donors (Lipinski definition) is 3. The number of aliphatic carboxylic acids is 2. The zero-order valence-electron chi connectivity index (χ0n) is 18.6. The van der Waals surface area contributed by atoms with Crippen molar-refractivity contribution >= 4 is 56.2 Å². The first-order valence-electron chi connectivity index (χ1n) is 9.57.